The molecule has 0 atom stereocenters. The second-order valence-corrected chi connectivity index (χ2v) is 8.07. The first kappa shape index (κ1) is 22.8. The second kappa shape index (κ2) is 9.23. The normalized spacial score (nSPS) is 13.5. The Morgan fingerprint density at radius 1 is 0.818 bits per heavy atom. The summed E-state index contributed by atoms with van der Waals surface area (Å²) < 4.78 is 13.3. The summed E-state index contributed by atoms with van der Waals surface area (Å²) in [7, 11) is 0. The van der Waals surface area contributed by atoms with Crippen LogP contribution in [0.25, 0.3) is 0 Å². The monoisotopic (exact) mass is 503 g/mol. The van der Waals surface area contributed by atoms with Gasteiger partial charge in [0.2, 0.25) is 0 Å². The number of nitrogens with one attached hydrogen (secondary N) is 2. The highest BCUT2D eigenvalue weighted by Crippen LogP contribution is 2.34. The predicted octanol–water partition coefficient (Wildman–Crippen LogP) is 5.82. The van der Waals surface area contributed by atoms with Gasteiger partial charge < -0.3 is 10.6 Å². The molecule has 10 heteroatoms. The average Bonchev–Trinajstić information content (AvgIpc) is 3.00. The Bertz CT molecular complexity index is 1340. The van der Waals surface area contributed by atoms with E-state index in [1.54, 1.807) is 36.4 Å². The lowest BCUT2D eigenvalue weighted by Crippen LogP contribution is -2.32. The quantitative estimate of drug-likeness (QED) is 0.429. The lowest BCUT2D eigenvalue weighted by molar-refractivity contribution is -0.120. The largest absolute Gasteiger partial charge is 0.350 e. The van der Waals surface area contributed by atoms with Crippen molar-refractivity contribution in [2.45, 2.75) is 0 Å². The summed E-state index contributed by atoms with van der Waals surface area (Å²) in [5.41, 5.74) is 0.939. The molecule has 0 saturated heterocycles. The smallest absolute Gasteiger partial charge is 0.283 e. The topological polar surface area (TPSA) is 78.5 Å². The first-order valence-electron chi connectivity index (χ1n) is 9.43. The van der Waals surface area contributed by atoms with Crippen LogP contribution in [0, 0.1) is 5.82 Å². The highest BCUT2D eigenvalue weighted by atomic mass is 35.5. The molecular weight excluding hydrogens is 492 g/mol. The van der Waals surface area contributed by atoms with Crippen LogP contribution in [0.3, 0.4) is 0 Å². The number of imide groups is 1. The highest BCUT2D eigenvalue weighted by Gasteiger charge is 2.39. The molecule has 0 spiro atoms. The van der Waals surface area contributed by atoms with E-state index in [4.69, 9.17) is 34.8 Å². The zero-order valence-electron chi connectivity index (χ0n) is 16.5. The Balaban J connectivity index is 1.55. The van der Waals surface area contributed by atoms with Crippen LogP contribution < -0.4 is 15.5 Å². The minimum absolute atomic E-state index is 0.128. The molecule has 0 saturated carbocycles. The van der Waals surface area contributed by atoms with E-state index >= 15 is 0 Å². The number of carbonyl (C=O) groups is 3. The zero-order valence-corrected chi connectivity index (χ0v) is 18.8. The van der Waals surface area contributed by atoms with Gasteiger partial charge in [-0.2, -0.15) is 0 Å². The number of benzene rings is 3. The lowest BCUT2D eigenvalue weighted by Gasteiger charge is -2.16. The molecule has 2 N–H and O–H groups in total. The van der Waals surface area contributed by atoms with Crippen LogP contribution in [-0.2, 0) is 9.59 Å². The summed E-state index contributed by atoms with van der Waals surface area (Å²) in [6.45, 7) is 0. The van der Waals surface area contributed by atoms with E-state index in [0.717, 1.165) is 11.0 Å². The van der Waals surface area contributed by atoms with Gasteiger partial charge in [-0.15, -0.1) is 0 Å². The molecule has 166 valence electrons. The molecular formula is C23H13Cl3FN3O3. The van der Waals surface area contributed by atoms with E-state index in [1.807, 2.05) is 0 Å². The van der Waals surface area contributed by atoms with Crippen molar-refractivity contribution >= 4 is 69.6 Å². The number of anilines is 3. The van der Waals surface area contributed by atoms with Crippen LogP contribution in [0.1, 0.15) is 10.4 Å². The molecule has 4 rings (SSSR count). The van der Waals surface area contributed by atoms with Gasteiger partial charge in [0.05, 0.1) is 15.7 Å². The molecule has 0 aliphatic carbocycles. The molecule has 0 fully saturated rings. The third-order valence-electron chi connectivity index (χ3n) is 4.69. The van der Waals surface area contributed by atoms with Crippen LogP contribution in [0.15, 0.2) is 77.5 Å². The van der Waals surface area contributed by atoms with Crippen molar-refractivity contribution in [3.8, 4) is 0 Å². The van der Waals surface area contributed by atoms with Gasteiger partial charge in [0.15, 0.2) is 0 Å². The van der Waals surface area contributed by atoms with Crippen LogP contribution in [0.2, 0.25) is 10.0 Å². The van der Waals surface area contributed by atoms with E-state index in [1.165, 1.54) is 24.3 Å². The lowest BCUT2D eigenvalue weighted by atomic mass is 10.1. The standard InChI is InChI=1S/C23H13Cl3FN3O3/c24-15-6-1-2-7-18(15)30-22(32)19(26)20(23(30)33)28-13-5-3-4-12(10-13)21(31)29-14-8-9-17(27)16(25)11-14/h1-11,28H,(H,29,31). The van der Waals surface area contributed by atoms with E-state index in [-0.39, 0.29) is 32.0 Å². The maximum absolute atomic E-state index is 13.3. The van der Waals surface area contributed by atoms with Gasteiger partial charge in [-0.3, -0.25) is 14.4 Å². The van der Waals surface area contributed by atoms with Gasteiger partial charge in [-0.25, -0.2) is 9.29 Å². The molecule has 3 aromatic rings. The number of para-hydroxylation sites is 1. The molecule has 0 radical (unpaired) electrons. The Hall–Kier alpha value is -3.39. The number of halogens is 4. The summed E-state index contributed by atoms with van der Waals surface area (Å²) in [5, 5.41) is 5.19. The number of hydrogen-bond acceptors (Lipinski definition) is 4. The number of nitrogens with zero attached hydrogens (tertiary/aromatic N) is 1. The summed E-state index contributed by atoms with van der Waals surface area (Å²) >= 11 is 18.0. The summed E-state index contributed by atoms with van der Waals surface area (Å²) in [6, 6.07) is 16.4. The predicted molar refractivity (Wildman–Crippen MR) is 126 cm³/mol. The third kappa shape index (κ3) is 4.57. The van der Waals surface area contributed by atoms with Crippen LogP contribution >= 0.6 is 34.8 Å². The molecule has 1 heterocycles. The maximum atomic E-state index is 13.3. The fourth-order valence-corrected chi connectivity index (χ4v) is 3.74. The molecule has 0 aromatic heterocycles. The number of amides is 3. The van der Waals surface area contributed by atoms with E-state index in [2.05, 4.69) is 10.6 Å². The van der Waals surface area contributed by atoms with Crippen LogP contribution in [-0.4, -0.2) is 17.7 Å². The van der Waals surface area contributed by atoms with Crippen molar-refractivity contribution in [3.63, 3.8) is 0 Å². The minimum atomic E-state index is -0.723. The molecule has 0 bridgehead atoms. The van der Waals surface area contributed by atoms with Gasteiger partial charge >= 0.3 is 0 Å². The van der Waals surface area contributed by atoms with Crippen LogP contribution in [0.5, 0.6) is 0 Å². The SMILES string of the molecule is O=C(Nc1ccc(F)c(Cl)c1)c1cccc(NC2=C(Cl)C(=O)N(c3ccccc3Cl)C2=O)c1. The average molecular weight is 505 g/mol. The van der Waals surface area contributed by atoms with Crippen molar-refractivity contribution in [1.29, 1.82) is 0 Å². The fraction of sp³-hybridized carbons (Fsp3) is 0. The molecule has 6 nitrogen and oxygen atoms in total. The third-order valence-corrected chi connectivity index (χ3v) is 5.65. The molecule has 1 aliphatic rings. The molecule has 0 unspecified atom stereocenters. The molecule has 3 amide bonds. The van der Waals surface area contributed by atoms with Gasteiger partial charge in [-0.05, 0) is 48.5 Å². The summed E-state index contributed by atoms with van der Waals surface area (Å²) in [5.74, 6) is -2.51. The Kier molecular flexibility index (Phi) is 6.37. The van der Waals surface area contributed by atoms with E-state index in [0.29, 0.717) is 11.4 Å². The van der Waals surface area contributed by atoms with Crippen molar-refractivity contribution in [2.24, 2.45) is 0 Å². The van der Waals surface area contributed by atoms with Crippen molar-refractivity contribution in [2.75, 3.05) is 15.5 Å². The number of rotatable bonds is 5. The first-order chi connectivity index (χ1) is 15.8. The molecule has 33 heavy (non-hydrogen) atoms. The van der Waals surface area contributed by atoms with Gasteiger partial charge in [0.25, 0.3) is 17.7 Å². The minimum Gasteiger partial charge on any atom is -0.350 e. The summed E-state index contributed by atoms with van der Waals surface area (Å²) in [4.78, 5) is 39.0. The number of hydrogen-bond donors (Lipinski definition) is 2. The maximum Gasteiger partial charge on any atom is 0.283 e. The van der Waals surface area contributed by atoms with E-state index < -0.39 is 23.5 Å². The Morgan fingerprint density at radius 3 is 2.30 bits per heavy atom. The fourth-order valence-electron chi connectivity index (χ4n) is 3.12. The molecule has 1 aliphatic heterocycles. The van der Waals surface area contributed by atoms with Crippen molar-refractivity contribution in [3.05, 3.63) is 98.9 Å². The van der Waals surface area contributed by atoms with E-state index in [9.17, 15) is 18.8 Å². The second-order valence-electron chi connectivity index (χ2n) is 6.87. The number of carbonyl (C=O) groups excluding carboxylic acids is 3. The van der Waals surface area contributed by atoms with Gasteiger partial charge in [0, 0.05) is 16.9 Å². The summed E-state index contributed by atoms with van der Waals surface area (Å²) in [6.07, 6.45) is 0. The highest BCUT2D eigenvalue weighted by molar-refractivity contribution is 6.53. The zero-order chi connectivity index (χ0) is 23.7. The van der Waals surface area contributed by atoms with Gasteiger partial charge in [-0.1, -0.05) is 53.0 Å². The Labute approximate surface area is 202 Å². The first-order valence-corrected chi connectivity index (χ1v) is 10.6. The van der Waals surface area contributed by atoms with Crippen molar-refractivity contribution < 1.29 is 18.8 Å². The molecule has 3 aromatic carbocycles. The Morgan fingerprint density at radius 2 is 1.58 bits per heavy atom. The van der Waals surface area contributed by atoms with Crippen LogP contribution in [0.4, 0.5) is 21.5 Å². The van der Waals surface area contributed by atoms with Gasteiger partial charge in [0.1, 0.15) is 16.5 Å². The van der Waals surface area contributed by atoms with Crippen molar-refractivity contribution in [1.82, 2.24) is 0 Å².